The van der Waals surface area contributed by atoms with E-state index in [4.69, 9.17) is 5.26 Å². The van der Waals surface area contributed by atoms with Crippen LogP contribution in [0.3, 0.4) is 0 Å². The number of aryl methyl sites for hydroxylation is 1. The molecule has 1 nitrogen and oxygen atoms in total. The summed E-state index contributed by atoms with van der Waals surface area (Å²) in [6.45, 7) is -0.259. The van der Waals surface area contributed by atoms with E-state index in [0.29, 0.717) is 12.3 Å². The first kappa shape index (κ1) is 20.3. The summed E-state index contributed by atoms with van der Waals surface area (Å²) in [7, 11) is 0. The van der Waals surface area contributed by atoms with Crippen LogP contribution in [0, 0.1) is 29.0 Å². The Morgan fingerprint density at radius 2 is 1.71 bits per heavy atom. The normalized spacial score (nSPS) is 19.6. The van der Waals surface area contributed by atoms with E-state index in [1.165, 1.54) is 49.8 Å². The lowest BCUT2D eigenvalue weighted by Gasteiger charge is -2.26. The second-order valence-corrected chi connectivity index (χ2v) is 7.73. The van der Waals surface area contributed by atoms with Gasteiger partial charge in [-0.3, -0.25) is 4.39 Å². The van der Waals surface area contributed by atoms with Crippen LogP contribution in [0.2, 0.25) is 0 Å². The summed E-state index contributed by atoms with van der Waals surface area (Å²) >= 11 is 0. The Morgan fingerprint density at radius 1 is 1.00 bits per heavy atom. The number of hydrogen-bond acceptors (Lipinski definition) is 1. The van der Waals surface area contributed by atoms with Crippen LogP contribution in [-0.4, -0.2) is 6.67 Å². The number of benzene rings is 2. The molecule has 1 saturated carbocycles. The van der Waals surface area contributed by atoms with E-state index in [2.05, 4.69) is 18.2 Å². The lowest BCUT2D eigenvalue weighted by atomic mass is 9.79. The van der Waals surface area contributed by atoms with E-state index in [1.54, 1.807) is 6.07 Å². The van der Waals surface area contributed by atoms with Crippen molar-refractivity contribution in [2.24, 2.45) is 11.8 Å². The maximum absolute atomic E-state index is 13.8. The highest BCUT2D eigenvalue weighted by molar-refractivity contribution is 5.64. The summed E-state index contributed by atoms with van der Waals surface area (Å²) in [5, 5.41) is 8.84. The summed E-state index contributed by atoms with van der Waals surface area (Å²) in [6.07, 6.45) is 12.0. The minimum atomic E-state index is -0.473. The Hall–Kier alpha value is -2.47. The molecule has 0 amide bonds. The van der Waals surface area contributed by atoms with Gasteiger partial charge >= 0.3 is 0 Å². The predicted molar refractivity (Wildman–Crippen MR) is 110 cm³/mol. The molecule has 1 aliphatic carbocycles. The van der Waals surface area contributed by atoms with Crippen LogP contribution in [0.25, 0.3) is 11.1 Å². The van der Waals surface area contributed by atoms with Gasteiger partial charge < -0.3 is 0 Å². The molecule has 0 saturated heterocycles. The fourth-order valence-electron chi connectivity index (χ4n) is 4.04. The SMILES string of the molecule is N#Cc1ccc(-c2ccc(CCC3CCC(/C=C/CCF)CC3)cc2)cc1F. The van der Waals surface area contributed by atoms with Gasteiger partial charge in [-0.2, -0.15) is 5.26 Å². The molecule has 0 radical (unpaired) electrons. The fraction of sp³-hybridized carbons (Fsp3) is 0.400. The van der Waals surface area contributed by atoms with Crippen molar-refractivity contribution in [3.8, 4) is 17.2 Å². The monoisotopic (exact) mass is 379 g/mol. The second-order valence-electron chi connectivity index (χ2n) is 7.73. The Kier molecular flexibility index (Phi) is 7.37. The minimum Gasteiger partial charge on any atom is -0.251 e. The number of rotatable bonds is 7. The maximum Gasteiger partial charge on any atom is 0.141 e. The van der Waals surface area contributed by atoms with E-state index in [0.717, 1.165) is 23.5 Å². The van der Waals surface area contributed by atoms with Crippen molar-refractivity contribution >= 4 is 0 Å². The highest BCUT2D eigenvalue weighted by Gasteiger charge is 2.19. The van der Waals surface area contributed by atoms with Gasteiger partial charge in [0.2, 0.25) is 0 Å². The highest BCUT2D eigenvalue weighted by Crippen LogP contribution is 2.32. The quantitative estimate of drug-likeness (QED) is 0.474. The van der Waals surface area contributed by atoms with Gasteiger partial charge in [0, 0.05) is 0 Å². The van der Waals surface area contributed by atoms with Gasteiger partial charge in [0.15, 0.2) is 0 Å². The van der Waals surface area contributed by atoms with Crippen LogP contribution >= 0.6 is 0 Å². The first-order chi connectivity index (χ1) is 13.7. The van der Waals surface area contributed by atoms with Crippen LogP contribution in [0.15, 0.2) is 54.6 Å². The molecule has 0 bridgehead atoms. The first-order valence-corrected chi connectivity index (χ1v) is 10.2. The molecule has 3 heteroatoms. The molecule has 0 aromatic heterocycles. The Balaban J connectivity index is 1.49. The average molecular weight is 379 g/mol. The van der Waals surface area contributed by atoms with Crippen molar-refractivity contribution in [3.63, 3.8) is 0 Å². The standard InChI is InChI=1S/C25H27F2N/c26-16-2-1-3-19-4-6-20(7-5-19)8-9-21-10-12-22(13-11-21)23-14-15-24(18-28)25(27)17-23/h1,3,10-15,17,19-20H,2,4-9,16H2/b3-1+. The third-order valence-corrected chi connectivity index (χ3v) is 5.79. The number of allylic oxidation sites excluding steroid dienone is 2. The van der Waals surface area contributed by atoms with Gasteiger partial charge in [-0.1, -0.05) is 42.5 Å². The van der Waals surface area contributed by atoms with Crippen LogP contribution in [-0.2, 0) is 6.42 Å². The van der Waals surface area contributed by atoms with E-state index in [9.17, 15) is 8.78 Å². The molecule has 0 spiro atoms. The first-order valence-electron chi connectivity index (χ1n) is 10.2. The van der Waals surface area contributed by atoms with Gasteiger partial charge in [0.25, 0.3) is 0 Å². The molecule has 1 aliphatic rings. The fourth-order valence-corrected chi connectivity index (χ4v) is 4.04. The number of hydrogen-bond donors (Lipinski definition) is 0. The Labute approximate surface area is 166 Å². The van der Waals surface area contributed by atoms with E-state index < -0.39 is 5.82 Å². The molecule has 0 atom stereocenters. The van der Waals surface area contributed by atoms with E-state index in [-0.39, 0.29) is 12.2 Å². The van der Waals surface area contributed by atoms with Crippen LogP contribution in [0.4, 0.5) is 8.78 Å². The summed E-state index contributed by atoms with van der Waals surface area (Å²) in [5.41, 5.74) is 3.14. The van der Waals surface area contributed by atoms with Crippen molar-refractivity contribution in [2.45, 2.75) is 44.9 Å². The van der Waals surface area contributed by atoms with Gasteiger partial charge in [-0.05, 0) is 85.6 Å². The maximum atomic E-state index is 13.8. The van der Waals surface area contributed by atoms with Crippen molar-refractivity contribution < 1.29 is 8.78 Å². The molecule has 2 aromatic carbocycles. The minimum absolute atomic E-state index is 0.0768. The number of nitrogens with zero attached hydrogens (tertiary/aromatic N) is 1. The van der Waals surface area contributed by atoms with Crippen LogP contribution < -0.4 is 0 Å². The molecular weight excluding hydrogens is 352 g/mol. The van der Waals surface area contributed by atoms with Gasteiger partial charge in [0.05, 0.1) is 12.2 Å². The largest absolute Gasteiger partial charge is 0.251 e. The van der Waals surface area contributed by atoms with E-state index in [1.807, 2.05) is 24.3 Å². The van der Waals surface area contributed by atoms with E-state index >= 15 is 0 Å². The molecule has 0 N–H and O–H groups in total. The predicted octanol–water partition coefficient (Wildman–Crippen LogP) is 7.02. The third-order valence-electron chi connectivity index (χ3n) is 5.79. The molecule has 1 fully saturated rings. The molecule has 0 heterocycles. The van der Waals surface area contributed by atoms with Gasteiger partial charge in [-0.25, -0.2) is 4.39 Å². The zero-order chi connectivity index (χ0) is 19.8. The van der Waals surface area contributed by atoms with Gasteiger partial charge in [0.1, 0.15) is 11.9 Å². The Bertz CT molecular complexity index is 825. The summed E-state index contributed by atoms with van der Waals surface area (Å²) in [4.78, 5) is 0. The van der Waals surface area contributed by atoms with Gasteiger partial charge in [-0.15, -0.1) is 0 Å². The van der Waals surface area contributed by atoms with Crippen LogP contribution in [0.1, 0.15) is 49.7 Å². The molecule has 28 heavy (non-hydrogen) atoms. The smallest absolute Gasteiger partial charge is 0.141 e. The Morgan fingerprint density at radius 3 is 2.36 bits per heavy atom. The lowest BCUT2D eigenvalue weighted by Crippen LogP contribution is -2.13. The zero-order valence-electron chi connectivity index (χ0n) is 16.2. The number of nitriles is 1. The van der Waals surface area contributed by atoms with Crippen molar-refractivity contribution in [2.75, 3.05) is 6.67 Å². The topological polar surface area (TPSA) is 23.8 Å². The van der Waals surface area contributed by atoms with Crippen LogP contribution in [0.5, 0.6) is 0 Å². The zero-order valence-corrected chi connectivity index (χ0v) is 16.2. The highest BCUT2D eigenvalue weighted by atomic mass is 19.1. The number of halogens is 2. The number of alkyl halides is 1. The summed E-state index contributed by atoms with van der Waals surface area (Å²) in [6, 6.07) is 14.9. The molecule has 0 unspecified atom stereocenters. The van der Waals surface area contributed by atoms with Crippen molar-refractivity contribution in [1.82, 2.24) is 0 Å². The average Bonchev–Trinajstić information content (AvgIpc) is 2.74. The molecular formula is C25H27F2N. The van der Waals surface area contributed by atoms with Crippen molar-refractivity contribution in [1.29, 1.82) is 5.26 Å². The molecule has 146 valence electrons. The van der Waals surface area contributed by atoms with Crippen molar-refractivity contribution in [3.05, 3.63) is 71.6 Å². The molecule has 3 rings (SSSR count). The molecule has 0 aliphatic heterocycles. The molecule has 2 aromatic rings. The summed E-state index contributed by atoms with van der Waals surface area (Å²) < 4.78 is 26.0. The second kappa shape index (κ2) is 10.2. The third kappa shape index (κ3) is 5.52. The lowest BCUT2D eigenvalue weighted by molar-refractivity contribution is 0.296. The summed E-state index contributed by atoms with van der Waals surface area (Å²) in [5.74, 6) is 0.937.